The number of hydrogen-bond donors (Lipinski definition) is 1. The largest absolute Gasteiger partial charge is 0.303 e. The lowest BCUT2D eigenvalue weighted by Crippen LogP contribution is -2.19. The van der Waals surface area contributed by atoms with E-state index in [1.165, 1.54) is 11.8 Å². The van der Waals surface area contributed by atoms with Gasteiger partial charge in [-0.25, -0.2) is 0 Å². The third kappa shape index (κ3) is 3.04. The Morgan fingerprint density at radius 3 is 2.92 bits per heavy atom. The van der Waals surface area contributed by atoms with Crippen LogP contribution in [0.1, 0.15) is 13.8 Å². The molecule has 12 heavy (non-hydrogen) atoms. The Hall–Kier alpha value is -0.840. The van der Waals surface area contributed by atoms with E-state index in [1.807, 2.05) is 13.8 Å². The first-order valence-electron chi connectivity index (χ1n) is 3.72. The van der Waals surface area contributed by atoms with E-state index in [-0.39, 0.29) is 5.91 Å². The predicted octanol–water partition coefficient (Wildman–Crippen LogP) is 0.847. The van der Waals surface area contributed by atoms with Gasteiger partial charge in [0.2, 0.25) is 5.91 Å². The SMILES string of the molecule is CC(C)/C=N/N=C1/NC(=O)CS1. The number of hydrogen-bond acceptors (Lipinski definition) is 4. The zero-order chi connectivity index (χ0) is 8.97. The number of carbonyl (C=O) groups is 1. The number of nitrogens with zero attached hydrogens (tertiary/aromatic N) is 2. The molecule has 66 valence electrons. The van der Waals surface area contributed by atoms with Crippen molar-refractivity contribution >= 4 is 29.1 Å². The van der Waals surface area contributed by atoms with Crippen LogP contribution in [-0.2, 0) is 4.79 Å². The zero-order valence-corrected chi connectivity index (χ0v) is 7.89. The van der Waals surface area contributed by atoms with E-state index in [1.54, 1.807) is 6.21 Å². The Morgan fingerprint density at radius 2 is 2.42 bits per heavy atom. The average molecular weight is 185 g/mol. The summed E-state index contributed by atoms with van der Waals surface area (Å²) in [6.07, 6.45) is 1.73. The van der Waals surface area contributed by atoms with E-state index in [0.717, 1.165) is 0 Å². The Balaban J connectivity index is 2.42. The number of rotatable bonds is 2. The van der Waals surface area contributed by atoms with Crippen LogP contribution in [-0.4, -0.2) is 23.0 Å². The van der Waals surface area contributed by atoms with E-state index in [4.69, 9.17) is 0 Å². The molecular weight excluding hydrogens is 174 g/mol. The van der Waals surface area contributed by atoms with E-state index in [0.29, 0.717) is 16.8 Å². The van der Waals surface area contributed by atoms with Gasteiger partial charge in [0.25, 0.3) is 0 Å². The van der Waals surface area contributed by atoms with Crippen LogP contribution >= 0.6 is 11.8 Å². The summed E-state index contributed by atoms with van der Waals surface area (Å²) in [7, 11) is 0. The summed E-state index contributed by atoms with van der Waals surface area (Å²) in [4.78, 5) is 10.7. The maximum absolute atomic E-state index is 10.7. The third-order valence-electron chi connectivity index (χ3n) is 1.10. The van der Waals surface area contributed by atoms with Crippen molar-refractivity contribution in [1.29, 1.82) is 0 Å². The van der Waals surface area contributed by atoms with E-state index in [9.17, 15) is 4.79 Å². The van der Waals surface area contributed by atoms with Crippen LogP contribution in [0.15, 0.2) is 10.2 Å². The summed E-state index contributed by atoms with van der Waals surface area (Å²) >= 11 is 1.38. The molecule has 1 N–H and O–H groups in total. The van der Waals surface area contributed by atoms with Gasteiger partial charge < -0.3 is 5.32 Å². The Morgan fingerprint density at radius 1 is 1.67 bits per heavy atom. The molecule has 4 nitrogen and oxygen atoms in total. The van der Waals surface area contributed by atoms with Gasteiger partial charge in [-0.15, -0.1) is 5.10 Å². The topological polar surface area (TPSA) is 53.8 Å². The molecule has 0 saturated carbocycles. The lowest BCUT2D eigenvalue weighted by atomic mass is 10.3. The molecule has 0 bridgehead atoms. The second-order valence-electron chi connectivity index (χ2n) is 2.75. The van der Waals surface area contributed by atoms with Crippen molar-refractivity contribution in [3.05, 3.63) is 0 Å². The molecule has 1 aliphatic rings. The fraction of sp³-hybridized carbons (Fsp3) is 0.571. The van der Waals surface area contributed by atoms with E-state index < -0.39 is 0 Å². The number of carbonyl (C=O) groups excluding carboxylic acids is 1. The summed E-state index contributed by atoms with van der Waals surface area (Å²) in [6.45, 7) is 4.04. The third-order valence-corrected chi connectivity index (χ3v) is 1.96. The highest BCUT2D eigenvalue weighted by Crippen LogP contribution is 2.08. The van der Waals surface area contributed by atoms with Crippen LogP contribution in [0.25, 0.3) is 0 Å². The summed E-state index contributed by atoms with van der Waals surface area (Å²) in [5.41, 5.74) is 0. The van der Waals surface area contributed by atoms with Crippen molar-refractivity contribution in [3.8, 4) is 0 Å². The molecule has 1 amide bonds. The predicted molar refractivity (Wildman–Crippen MR) is 51.4 cm³/mol. The van der Waals surface area contributed by atoms with Gasteiger partial charge in [0.15, 0.2) is 5.17 Å². The van der Waals surface area contributed by atoms with Gasteiger partial charge in [-0.3, -0.25) is 4.79 Å². The van der Waals surface area contributed by atoms with Gasteiger partial charge in [-0.1, -0.05) is 25.6 Å². The average Bonchev–Trinajstić information content (AvgIpc) is 2.35. The van der Waals surface area contributed by atoms with Crippen molar-refractivity contribution in [1.82, 2.24) is 5.32 Å². The van der Waals surface area contributed by atoms with Crippen molar-refractivity contribution in [2.45, 2.75) is 13.8 Å². The maximum Gasteiger partial charge on any atom is 0.236 e. The highest BCUT2D eigenvalue weighted by atomic mass is 32.2. The zero-order valence-electron chi connectivity index (χ0n) is 7.07. The molecule has 1 saturated heterocycles. The van der Waals surface area contributed by atoms with Crippen LogP contribution in [0.5, 0.6) is 0 Å². The normalized spacial score (nSPS) is 21.2. The van der Waals surface area contributed by atoms with E-state index >= 15 is 0 Å². The number of amidine groups is 1. The molecule has 1 rings (SSSR count). The number of amides is 1. The maximum atomic E-state index is 10.7. The lowest BCUT2D eigenvalue weighted by molar-refractivity contribution is -0.116. The fourth-order valence-corrected chi connectivity index (χ4v) is 1.23. The number of thioether (sulfide) groups is 1. The summed E-state index contributed by atoms with van der Waals surface area (Å²) in [5.74, 6) is 0.839. The Kier molecular flexibility index (Phi) is 3.28. The van der Waals surface area contributed by atoms with Crippen LogP contribution in [0.3, 0.4) is 0 Å². The molecule has 0 spiro atoms. The highest BCUT2D eigenvalue weighted by Gasteiger charge is 2.15. The molecular formula is C7H11N3OS. The highest BCUT2D eigenvalue weighted by molar-refractivity contribution is 8.15. The molecule has 1 heterocycles. The van der Waals surface area contributed by atoms with Gasteiger partial charge in [-0.05, 0) is 5.92 Å². The van der Waals surface area contributed by atoms with Crippen LogP contribution < -0.4 is 5.32 Å². The Bertz CT molecular complexity index is 235. The first-order chi connectivity index (χ1) is 5.68. The van der Waals surface area contributed by atoms with Crippen molar-refractivity contribution < 1.29 is 4.79 Å². The molecule has 0 aromatic carbocycles. The molecule has 0 radical (unpaired) electrons. The van der Waals surface area contributed by atoms with Gasteiger partial charge in [0.05, 0.1) is 5.75 Å². The molecule has 0 aromatic rings. The smallest absolute Gasteiger partial charge is 0.236 e. The van der Waals surface area contributed by atoms with Crippen molar-refractivity contribution in [3.63, 3.8) is 0 Å². The molecule has 0 aliphatic carbocycles. The van der Waals surface area contributed by atoms with Crippen LogP contribution in [0.2, 0.25) is 0 Å². The molecule has 5 heteroatoms. The standard InChI is InChI=1S/C7H11N3OS/c1-5(2)3-8-10-7-9-6(11)4-12-7/h3,5H,4H2,1-2H3,(H,9,10,11)/b8-3+. The van der Waals surface area contributed by atoms with Crippen LogP contribution in [0.4, 0.5) is 0 Å². The quantitative estimate of drug-likeness (QED) is 0.512. The van der Waals surface area contributed by atoms with Crippen molar-refractivity contribution in [2.75, 3.05) is 5.75 Å². The fourth-order valence-electron chi connectivity index (χ4n) is 0.598. The number of nitrogens with one attached hydrogen (secondary N) is 1. The first kappa shape index (κ1) is 9.25. The molecule has 1 aliphatic heterocycles. The minimum absolute atomic E-state index is 0.00139. The second-order valence-corrected chi connectivity index (χ2v) is 3.71. The van der Waals surface area contributed by atoms with Crippen molar-refractivity contribution in [2.24, 2.45) is 16.1 Å². The summed E-state index contributed by atoms with van der Waals surface area (Å²) in [5, 5.41) is 10.8. The second kappa shape index (κ2) is 4.25. The summed E-state index contributed by atoms with van der Waals surface area (Å²) in [6, 6.07) is 0. The lowest BCUT2D eigenvalue weighted by Gasteiger charge is -1.91. The molecule has 1 fully saturated rings. The monoisotopic (exact) mass is 185 g/mol. The van der Waals surface area contributed by atoms with Gasteiger partial charge >= 0.3 is 0 Å². The Labute approximate surface area is 75.5 Å². The molecule has 0 aromatic heterocycles. The molecule has 0 atom stereocenters. The minimum Gasteiger partial charge on any atom is -0.303 e. The minimum atomic E-state index is -0.00139. The van der Waals surface area contributed by atoms with Gasteiger partial charge in [0, 0.05) is 6.21 Å². The van der Waals surface area contributed by atoms with Gasteiger partial charge in [-0.2, -0.15) is 5.10 Å². The molecule has 0 unspecified atom stereocenters. The first-order valence-corrected chi connectivity index (χ1v) is 4.71. The van der Waals surface area contributed by atoms with E-state index in [2.05, 4.69) is 15.5 Å². The van der Waals surface area contributed by atoms with Crippen LogP contribution in [0, 0.1) is 5.92 Å². The van der Waals surface area contributed by atoms with Gasteiger partial charge in [0.1, 0.15) is 0 Å². The summed E-state index contributed by atoms with van der Waals surface area (Å²) < 4.78 is 0.